The zero-order chi connectivity index (χ0) is 42.9. The smallest absolute Gasteiger partial charge is 0.435 e. The first-order chi connectivity index (χ1) is 29.5. The van der Waals surface area contributed by atoms with Gasteiger partial charge in [0.1, 0.15) is 18.5 Å². The molecule has 2 heterocycles. The largest absolute Gasteiger partial charge is 0.497 e. The molecule has 0 saturated carbocycles. The Labute approximate surface area is 347 Å². The summed E-state index contributed by atoms with van der Waals surface area (Å²) in [6, 6.07) is 37.8. The van der Waals surface area contributed by atoms with Crippen LogP contribution in [0.25, 0.3) is 0 Å². The van der Waals surface area contributed by atoms with Crippen molar-refractivity contribution in [1.82, 2.24) is 9.78 Å². The summed E-state index contributed by atoms with van der Waals surface area (Å²) in [6.07, 6.45) is -15.5. The Morgan fingerprint density at radius 2 is 1.18 bits per heavy atom. The van der Waals surface area contributed by atoms with E-state index in [1.807, 2.05) is 0 Å². The van der Waals surface area contributed by atoms with E-state index in [0.29, 0.717) is 16.9 Å². The van der Waals surface area contributed by atoms with Crippen molar-refractivity contribution < 1.29 is 60.4 Å². The van der Waals surface area contributed by atoms with Gasteiger partial charge in [0.25, 0.3) is 0 Å². The second kappa shape index (κ2) is 18.9. The molecule has 0 bridgehead atoms. The number of aromatic nitrogens is 2. The van der Waals surface area contributed by atoms with Crippen LogP contribution in [0.1, 0.15) is 53.5 Å². The molecular weight excluding hydrogens is 801 g/mol. The maximum Gasteiger partial charge on any atom is 0.435 e. The minimum Gasteiger partial charge on any atom is -0.497 e. The molecule has 314 valence electrons. The molecule has 0 N–H and O–H groups in total. The molecule has 15 heteroatoms. The monoisotopic (exact) mass is 838 g/mol. The van der Waals surface area contributed by atoms with Crippen LogP contribution in [0.5, 0.6) is 11.6 Å². The molecule has 1 aliphatic rings. The van der Waals surface area contributed by atoms with Crippen LogP contribution in [0.3, 0.4) is 0 Å². The third-order valence-corrected chi connectivity index (χ3v) is 9.67. The highest BCUT2D eigenvalue weighted by Crippen LogP contribution is 2.40. The van der Waals surface area contributed by atoms with Gasteiger partial charge < -0.3 is 28.4 Å². The Kier molecular flexibility index (Phi) is 13.1. The zero-order valence-electron chi connectivity index (χ0n) is 32.4. The molecule has 1 fully saturated rings. The fraction of sp³-hybridized carbons (Fsp3) is 0.217. The van der Waals surface area contributed by atoms with Gasteiger partial charge >= 0.3 is 24.1 Å². The number of ether oxygens (including phenoxy) is 6. The fourth-order valence-corrected chi connectivity index (χ4v) is 6.62. The van der Waals surface area contributed by atoms with Crippen LogP contribution in [-0.4, -0.2) is 72.2 Å². The normalized spacial score (nSPS) is 18.7. The summed E-state index contributed by atoms with van der Waals surface area (Å²) >= 11 is 0. The van der Waals surface area contributed by atoms with E-state index in [2.05, 4.69) is 5.10 Å². The van der Waals surface area contributed by atoms with Gasteiger partial charge in [0.05, 0.1) is 35.9 Å². The van der Waals surface area contributed by atoms with Crippen molar-refractivity contribution in [2.75, 3.05) is 13.7 Å². The number of carbonyl (C=O) groups is 3. The van der Waals surface area contributed by atoms with Crippen LogP contribution >= 0.6 is 0 Å². The summed E-state index contributed by atoms with van der Waals surface area (Å²) in [5, 5.41) is 3.99. The number of carbonyl (C=O) groups excluding carboxylic acids is 3. The van der Waals surface area contributed by atoms with E-state index in [9.17, 15) is 14.4 Å². The van der Waals surface area contributed by atoms with Crippen molar-refractivity contribution in [3.8, 4) is 11.6 Å². The quantitative estimate of drug-likeness (QED) is 0.0601. The third kappa shape index (κ3) is 10.2. The molecule has 6 aromatic rings. The lowest BCUT2D eigenvalue weighted by Gasteiger charge is -2.42. The number of nitrogens with zero attached hydrogens (tertiary/aromatic N) is 2. The second-order valence-corrected chi connectivity index (χ2v) is 13.8. The van der Waals surface area contributed by atoms with Gasteiger partial charge in [-0.25, -0.2) is 23.5 Å². The van der Waals surface area contributed by atoms with Crippen molar-refractivity contribution in [1.29, 1.82) is 0 Å². The number of alkyl halides is 4. The van der Waals surface area contributed by atoms with E-state index in [-0.39, 0.29) is 29.7 Å². The fourth-order valence-electron chi connectivity index (χ4n) is 6.62. The molecule has 5 atom stereocenters. The van der Waals surface area contributed by atoms with Gasteiger partial charge in [0.15, 0.2) is 18.0 Å². The number of methoxy groups -OCH3 is 1. The highest BCUT2D eigenvalue weighted by Gasteiger charge is 2.53. The summed E-state index contributed by atoms with van der Waals surface area (Å²) in [4.78, 5) is 40.4. The summed E-state index contributed by atoms with van der Waals surface area (Å²) in [6.45, 7) is -1.01. The maximum absolute atomic E-state index is 17.0. The first-order valence-corrected chi connectivity index (χ1v) is 19.0. The number of benzene rings is 5. The molecule has 1 saturated heterocycles. The first kappa shape index (κ1) is 42.1. The van der Waals surface area contributed by atoms with Crippen LogP contribution in [0.4, 0.5) is 17.6 Å². The predicted molar refractivity (Wildman–Crippen MR) is 211 cm³/mol. The molecule has 7 rings (SSSR count). The lowest BCUT2D eigenvalue weighted by molar-refractivity contribution is -0.265. The molecule has 0 radical (unpaired) electrons. The minimum atomic E-state index is -5.00. The van der Waals surface area contributed by atoms with Crippen molar-refractivity contribution >= 4 is 17.9 Å². The lowest BCUT2D eigenvalue weighted by Crippen LogP contribution is -2.61. The van der Waals surface area contributed by atoms with Gasteiger partial charge in [-0.2, -0.15) is 18.3 Å². The van der Waals surface area contributed by atoms with E-state index in [1.54, 1.807) is 109 Å². The Balaban J connectivity index is 1.34. The molecule has 0 amide bonds. The van der Waals surface area contributed by atoms with E-state index in [0.717, 1.165) is 4.68 Å². The van der Waals surface area contributed by atoms with Gasteiger partial charge in [0, 0.05) is 6.42 Å². The van der Waals surface area contributed by atoms with E-state index >= 15 is 17.6 Å². The molecule has 0 aliphatic carbocycles. The average Bonchev–Trinajstić information content (AvgIpc) is 3.62. The molecular formula is C46H38F4N2O9. The molecule has 61 heavy (non-hydrogen) atoms. The highest BCUT2D eigenvalue weighted by atomic mass is 19.4. The number of esters is 3. The predicted octanol–water partition coefficient (Wildman–Crippen LogP) is 8.30. The summed E-state index contributed by atoms with van der Waals surface area (Å²) in [7, 11) is 1.45. The van der Waals surface area contributed by atoms with Gasteiger partial charge in [-0.15, -0.1) is 0 Å². The van der Waals surface area contributed by atoms with E-state index < -0.39 is 78.6 Å². The Hall–Kier alpha value is -7.00. The van der Waals surface area contributed by atoms with Gasteiger partial charge in [-0.3, -0.25) is 0 Å². The molecule has 11 nitrogen and oxygen atoms in total. The molecule has 1 aromatic heterocycles. The molecule has 5 aromatic carbocycles. The minimum absolute atomic E-state index is 0.0105. The van der Waals surface area contributed by atoms with Crippen molar-refractivity contribution in [2.24, 2.45) is 0 Å². The topological polar surface area (TPSA) is 124 Å². The number of rotatable bonds is 14. The molecule has 5 unspecified atom stereocenters. The van der Waals surface area contributed by atoms with Gasteiger partial charge in [-0.1, -0.05) is 97.1 Å². The van der Waals surface area contributed by atoms with E-state index in [1.165, 1.54) is 43.5 Å². The summed E-state index contributed by atoms with van der Waals surface area (Å²) in [5.41, 5.74) is -0.606. The van der Waals surface area contributed by atoms with Crippen LogP contribution in [0.15, 0.2) is 146 Å². The van der Waals surface area contributed by atoms with Gasteiger partial charge in [-0.05, 0) is 59.7 Å². The summed E-state index contributed by atoms with van der Waals surface area (Å²) in [5.74, 6) is -2.89. The van der Waals surface area contributed by atoms with Crippen molar-refractivity contribution in [3.05, 3.63) is 185 Å². The molecule has 1 aliphatic heterocycles. The second-order valence-electron chi connectivity index (χ2n) is 13.8. The Morgan fingerprint density at radius 3 is 1.70 bits per heavy atom. The van der Waals surface area contributed by atoms with Crippen molar-refractivity contribution in [3.63, 3.8) is 0 Å². The number of halogens is 4. The van der Waals surface area contributed by atoms with Crippen LogP contribution < -0.4 is 9.47 Å². The zero-order valence-corrected chi connectivity index (χ0v) is 32.4. The average molecular weight is 839 g/mol. The number of hydrogen-bond donors (Lipinski definition) is 0. The van der Waals surface area contributed by atoms with Crippen LogP contribution in [0.2, 0.25) is 0 Å². The SMILES string of the molecule is COc1ccc(Cc2c(C(F)(F)F)nn(Cc3ccccc3)c2OC2OC(COC(=O)c3ccccc3)C(F)C(OC(=O)c3ccccc3)C2OC(=O)c2ccccc2)cc1. The van der Waals surface area contributed by atoms with Crippen LogP contribution in [0, 0.1) is 0 Å². The van der Waals surface area contributed by atoms with Crippen LogP contribution in [-0.2, 0) is 38.1 Å². The standard InChI is InChI=1S/C46H38F4N2O9/c1-56-34-24-22-29(23-25-34)26-35-40(46(48,49)50)51-52(27-30-14-6-2-7-15-30)41(35)61-45-39(60-44(55)33-20-12-5-13-21-33)38(59-43(54)32-18-10-4-11-19-32)37(47)36(58-45)28-57-42(53)31-16-8-3-9-17-31/h2-25,36-39,45H,26-28H2,1H3. The highest BCUT2D eigenvalue weighted by molar-refractivity contribution is 5.90. The lowest BCUT2D eigenvalue weighted by atomic mass is 9.99. The first-order valence-electron chi connectivity index (χ1n) is 19.0. The van der Waals surface area contributed by atoms with E-state index in [4.69, 9.17) is 28.4 Å². The molecule has 0 spiro atoms. The number of hydrogen-bond acceptors (Lipinski definition) is 10. The third-order valence-electron chi connectivity index (χ3n) is 9.67. The maximum atomic E-state index is 17.0. The Morgan fingerprint density at radius 1 is 0.672 bits per heavy atom. The van der Waals surface area contributed by atoms with Gasteiger partial charge in [0.2, 0.25) is 18.3 Å². The summed E-state index contributed by atoms with van der Waals surface area (Å²) < 4.78 is 97.8. The van der Waals surface area contributed by atoms with Crippen molar-refractivity contribution in [2.45, 2.75) is 49.9 Å². The Bertz CT molecular complexity index is 2400.